The van der Waals surface area contributed by atoms with Crippen LogP contribution in [0.5, 0.6) is 0 Å². The third-order valence-corrected chi connectivity index (χ3v) is 3.12. The lowest BCUT2D eigenvalue weighted by atomic mass is 10.1. The molecule has 0 fully saturated rings. The molecular weight excluding hydrogens is 210 g/mol. The minimum atomic E-state index is 0.644. The molecule has 2 aromatic heterocycles. The zero-order chi connectivity index (χ0) is 11.8. The average Bonchev–Trinajstić information content (AvgIpc) is 2.67. The van der Waals surface area contributed by atoms with Crippen molar-refractivity contribution in [3.8, 4) is 0 Å². The van der Waals surface area contributed by atoms with Crippen molar-refractivity contribution in [3.05, 3.63) is 35.9 Å². The largest absolute Gasteiger partial charge is 0.383 e. The van der Waals surface area contributed by atoms with Crippen LogP contribution in [0.1, 0.15) is 18.9 Å². The van der Waals surface area contributed by atoms with Gasteiger partial charge in [0.25, 0.3) is 0 Å². The number of aryl methyl sites for hydroxylation is 1. The number of rotatable bonds is 2. The summed E-state index contributed by atoms with van der Waals surface area (Å²) in [5.74, 6) is 0.644. The number of benzene rings is 1. The molecule has 2 heterocycles. The lowest BCUT2D eigenvalue weighted by molar-refractivity contribution is 0.921. The van der Waals surface area contributed by atoms with E-state index in [4.69, 9.17) is 5.73 Å². The molecule has 3 heteroatoms. The maximum Gasteiger partial charge on any atom is 0.140 e. The van der Waals surface area contributed by atoms with E-state index in [1.165, 1.54) is 10.8 Å². The molecule has 3 aromatic rings. The normalized spacial score (nSPS) is 11.4. The SMILES string of the molecule is CCCc1cc2c(nc1N)[nH]c1ccccc12. The summed E-state index contributed by atoms with van der Waals surface area (Å²) in [6.45, 7) is 2.15. The Morgan fingerprint density at radius 1 is 1.24 bits per heavy atom. The van der Waals surface area contributed by atoms with Crippen LogP contribution in [0.3, 0.4) is 0 Å². The highest BCUT2D eigenvalue weighted by Crippen LogP contribution is 2.27. The van der Waals surface area contributed by atoms with E-state index in [9.17, 15) is 0 Å². The van der Waals surface area contributed by atoms with Gasteiger partial charge in [0.15, 0.2) is 0 Å². The van der Waals surface area contributed by atoms with E-state index in [0.29, 0.717) is 5.82 Å². The molecule has 3 N–H and O–H groups in total. The lowest BCUT2D eigenvalue weighted by Crippen LogP contribution is -1.97. The topological polar surface area (TPSA) is 54.7 Å². The number of anilines is 1. The van der Waals surface area contributed by atoms with Crippen LogP contribution in [-0.2, 0) is 6.42 Å². The third kappa shape index (κ3) is 1.55. The first-order valence-electron chi connectivity index (χ1n) is 5.95. The van der Waals surface area contributed by atoms with Crippen LogP contribution in [0.15, 0.2) is 30.3 Å². The fraction of sp³-hybridized carbons (Fsp3) is 0.214. The Bertz CT molecular complexity index is 682. The maximum atomic E-state index is 5.96. The molecule has 0 aliphatic carbocycles. The van der Waals surface area contributed by atoms with Crippen LogP contribution in [-0.4, -0.2) is 9.97 Å². The molecule has 0 saturated carbocycles. The molecule has 0 aliphatic rings. The van der Waals surface area contributed by atoms with Crippen molar-refractivity contribution in [2.24, 2.45) is 0 Å². The number of H-pyrrole nitrogens is 1. The summed E-state index contributed by atoms with van der Waals surface area (Å²) in [6.07, 6.45) is 2.06. The van der Waals surface area contributed by atoms with E-state index in [0.717, 1.165) is 29.6 Å². The predicted molar refractivity (Wildman–Crippen MR) is 72.0 cm³/mol. The first-order valence-corrected chi connectivity index (χ1v) is 5.95. The van der Waals surface area contributed by atoms with E-state index in [1.807, 2.05) is 12.1 Å². The molecule has 0 atom stereocenters. The summed E-state index contributed by atoms with van der Waals surface area (Å²) in [6, 6.07) is 10.4. The van der Waals surface area contributed by atoms with Gasteiger partial charge in [0.05, 0.1) is 0 Å². The number of hydrogen-bond acceptors (Lipinski definition) is 2. The number of nitrogen functional groups attached to an aromatic ring is 1. The van der Waals surface area contributed by atoms with Crippen molar-refractivity contribution in [1.82, 2.24) is 9.97 Å². The summed E-state index contributed by atoms with van der Waals surface area (Å²) < 4.78 is 0. The van der Waals surface area contributed by atoms with Crippen LogP contribution < -0.4 is 5.73 Å². The van der Waals surface area contributed by atoms with E-state index >= 15 is 0 Å². The molecule has 0 spiro atoms. The van der Waals surface area contributed by atoms with Crippen LogP contribution >= 0.6 is 0 Å². The number of aromatic nitrogens is 2. The van der Waals surface area contributed by atoms with E-state index in [2.05, 4.69) is 35.1 Å². The van der Waals surface area contributed by atoms with Gasteiger partial charge in [0.2, 0.25) is 0 Å². The minimum Gasteiger partial charge on any atom is -0.383 e. The molecule has 0 unspecified atom stereocenters. The van der Waals surface area contributed by atoms with Gasteiger partial charge in [-0.15, -0.1) is 0 Å². The summed E-state index contributed by atoms with van der Waals surface area (Å²) in [4.78, 5) is 7.75. The predicted octanol–water partition coefficient (Wildman–Crippen LogP) is 3.25. The molecule has 0 amide bonds. The Hall–Kier alpha value is -2.03. The van der Waals surface area contributed by atoms with Crippen molar-refractivity contribution in [1.29, 1.82) is 0 Å². The second kappa shape index (κ2) is 3.77. The molecule has 86 valence electrons. The number of hydrogen-bond donors (Lipinski definition) is 2. The Morgan fingerprint density at radius 3 is 2.88 bits per heavy atom. The first kappa shape index (κ1) is 10.1. The van der Waals surface area contributed by atoms with Gasteiger partial charge in [-0.1, -0.05) is 31.5 Å². The standard InChI is InChI=1S/C14H15N3/c1-2-5-9-8-11-10-6-3-4-7-12(10)16-14(11)17-13(9)15/h3-4,6-8H,2,5H2,1H3,(H3,15,16,17). The molecule has 1 aromatic carbocycles. The fourth-order valence-corrected chi connectivity index (χ4v) is 2.29. The summed E-state index contributed by atoms with van der Waals surface area (Å²) in [7, 11) is 0. The minimum absolute atomic E-state index is 0.644. The Labute approximate surface area is 99.7 Å². The highest BCUT2D eigenvalue weighted by atomic mass is 14.9. The molecule has 0 saturated heterocycles. The van der Waals surface area contributed by atoms with Gasteiger partial charge in [-0.2, -0.15) is 0 Å². The van der Waals surface area contributed by atoms with Gasteiger partial charge in [0, 0.05) is 16.3 Å². The van der Waals surface area contributed by atoms with Gasteiger partial charge in [-0.05, 0) is 24.1 Å². The zero-order valence-electron chi connectivity index (χ0n) is 9.83. The number of nitrogens with one attached hydrogen (secondary N) is 1. The Morgan fingerprint density at radius 2 is 2.06 bits per heavy atom. The van der Waals surface area contributed by atoms with Gasteiger partial charge in [-0.3, -0.25) is 0 Å². The van der Waals surface area contributed by atoms with Gasteiger partial charge >= 0.3 is 0 Å². The highest BCUT2D eigenvalue weighted by molar-refractivity contribution is 6.06. The quantitative estimate of drug-likeness (QED) is 0.703. The van der Waals surface area contributed by atoms with Crippen molar-refractivity contribution in [2.45, 2.75) is 19.8 Å². The molecule has 17 heavy (non-hydrogen) atoms. The Balaban J connectivity index is 2.35. The lowest BCUT2D eigenvalue weighted by Gasteiger charge is -2.03. The second-order valence-electron chi connectivity index (χ2n) is 4.35. The average molecular weight is 225 g/mol. The second-order valence-corrected chi connectivity index (χ2v) is 4.35. The van der Waals surface area contributed by atoms with E-state index < -0.39 is 0 Å². The van der Waals surface area contributed by atoms with Crippen LogP contribution in [0.25, 0.3) is 21.9 Å². The number of pyridine rings is 1. The molecule has 0 radical (unpaired) electrons. The molecule has 0 bridgehead atoms. The number of para-hydroxylation sites is 1. The molecular formula is C14H15N3. The number of fused-ring (bicyclic) bond motifs is 3. The molecule has 3 rings (SSSR count). The van der Waals surface area contributed by atoms with Crippen molar-refractivity contribution in [3.63, 3.8) is 0 Å². The number of nitrogens with two attached hydrogens (primary N) is 1. The van der Waals surface area contributed by atoms with Gasteiger partial charge in [-0.25, -0.2) is 4.98 Å². The van der Waals surface area contributed by atoms with Gasteiger partial charge in [0.1, 0.15) is 11.5 Å². The third-order valence-electron chi connectivity index (χ3n) is 3.12. The Kier molecular flexibility index (Phi) is 2.25. The highest BCUT2D eigenvalue weighted by Gasteiger charge is 2.08. The van der Waals surface area contributed by atoms with Crippen molar-refractivity contribution >= 4 is 27.8 Å². The van der Waals surface area contributed by atoms with E-state index in [-0.39, 0.29) is 0 Å². The smallest absolute Gasteiger partial charge is 0.140 e. The van der Waals surface area contributed by atoms with Crippen LogP contribution in [0, 0.1) is 0 Å². The van der Waals surface area contributed by atoms with Crippen molar-refractivity contribution in [2.75, 3.05) is 5.73 Å². The molecule has 0 aliphatic heterocycles. The number of nitrogens with zero attached hydrogens (tertiary/aromatic N) is 1. The molecule has 3 nitrogen and oxygen atoms in total. The zero-order valence-corrected chi connectivity index (χ0v) is 9.83. The first-order chi connectivity index (χ1) is 8.29. The van der Waals surface area contributed by atoms with Gasteiger partial charge < -0.3 is 10.7 Å². The fourth-order valence-electron chi connectivity index (χ4n) is 2.29. The summed E-state index contributed by atoms with van der Waals surface area (Å²) in [5.41, 5.74) is 9.10. The maximum absolute atomic E-state index is 5.96. The van der Waals surface area contributed by atoms with Crippen LogP contribution in [0.2, 0.25) is 0 Å². The number of aromatic amines is 1. The summed E-state index contributed by atoms with van der Waals surface area (Å²) in [5, 5.41) is 2.38. The monoisotopic (exact) mass is 225 g/mol. The van der Waals surface area contributed by atoms with Crippen LogP contribution in [0.4, 0.5) is 5.82 Å². The van der Waals surface area contributed by atoms with E-state index in [1.54, 1.807) is 0 Å². The summed E-state index contributed by atoms with van der Waals surface area (Å²) >= 11 is 0. The van der Waals surface area contributed by atoms with Crippen molar-refractivity contribution < 1.29 is 0 Å².